The molecule has 2 rings (SSSR count). The van der Waals surface area contributed by atoms with E-state index in [0.717, 1.165) is 32.0 Å². The van der Waals surface area contributed by atoms with Gasteiger partial charge in [-0.2, -0.15) is 0 Å². The minimum atomic E-state index is 0.517. The Hall–Kier alpha value is -0.140. The minimum absolute atomic E-state index is 0.517. The Morgan fingerprint density at radius 2 is 1.93 bits per heavy atom. The van der Waals surface area contributed by atoms with Crippen LogP contribution in [0.3, 0.4) is 0 Å². The van der Waals surface area contributed by atoms with E-state index in [1.165, 1.54) is 0 Å². The highest BCUT2D eigenvalue weighted by Gasteiger charge is 2.16. The maximum atomic E-state index is 5.91. The van der Waals surface area contributed by atoms with Crippen LogP contribution in [0.1, 0.15) is 0 Å². The van der Waals surface area contributed by atoms with Crippen molar-refractivity contribution in [3.63, 3.8) is 0 Å². The predicted molar refractivity (Wildman–Crippen MR) is 69.5 cm³/mol. The molecule has 1 aliphatic heterocycles. The van der Waals surface area contributed by atoms with E-state index in [0.29, 0.717) is 8.98 Å². The summed E-state index contributed by atoms with van der Waals surface area (Å²) in [6.07, 6.45) is 0. The Morgan fingerprint density at radius 3 is 2.53 bits per heavy atom. The van der Waals surface area contributed by atoms with Gasteiger partial charge in [0.1, 0.15) is 11.0 Å². The smallest absolute Gasteiger partial charge is 0.194 e. The van der Waals surface area contributed by atoms with Crippen LogP contribution in [0.4, 0.5) is 5.82 Å². The molecule has 2 heterocycles. The second-order valence-electron chi connectivity index (χ2n) is 3.61. The molecule has 0 aliphatic carbocycles. The van der Waals surface area contributed by atoms with Gasteiger partial charge in [0.15, 0.2) is 3.83 Å². The number of piperazine rings is 1. The van der Waals surface area contributed by atoms with Gasteiger partial charge in [-0.25, -0.2) is 9.97 Å². The second kappa shape index (κ2) is 4.80. The van der Waals surface area contributed by atoms with Gasteiger partial charge in [0, 0.05) is 54.8 Å². The molecule has 0 N–H and O–H groups in total. The first-order chi connectivity index (χ1) is 7.15. The Labute approximate surface area is 108 Å². The van der Waals surface area contributed by atoms with Gasteiger partial charge in [0.05, 0.1) is 0 Å². The Morgan fingerprint density at radius 1 is 1.27 bits per heavy atom. The van der Waals surface area contributed by atoms with Gasteiger partial charge in [-0.15, -0.1) is 0 Å². The molecule has 1 fully saturated rings. The van der Waals surface area contributed by atoms with Crippen LogP contribution in [-0.2, 0) is 0 Å². The van der Waals surface area contributed by atoms with Crippen LogP contribution in [0.25, 0.3) is 0 Å². The van der Waals surface area contributed by atoms with Crippen LogP contribution >= 0.6 is 34.2 Å². The highest BCUT2D eigenvalue weighted by atomic mass is 127. The summed E-state index contributed by atoms with van der Waals surface area (Å²) < 4.78 is 0.703. The zero-order valence-electron chi connectivity index (χ0n) is 8.45. The normalized spacial score (nSPS) is 18.2. The van der Waals surface area contributed by atoms with E-state index in [4.69, 9.17) is 11.6 Å². The highest BCUT2D eigenvalue weighted by Crippen LogP contribution is 2.18. The number of aromatic nitrogens is 2. The number of hydrogen-bond acceptors (Lipinski definition) is 4. The van der Waals surface area contributed by atoms with Gasteiger partial charge < -0.3 is 9.80 Å². The van der Waals surface area contributed by atoms with Crippen LogP contribution in [0.5, 0.6) is 0 Å². The molecule has 0 saturated carbocycles. The number of rotatable bonds is 1. The fraction of sp³-hybridized carbons (Fsp3) is 0.556. The molecule has 0 unspecified atom stereocenters. The van der Waals surface area contributed by atoms with E-state index in [1.807, 2.05) is 6.07 Å². The molecule has 6 heteroatoms. The highest BCUT2D eigenvalue weighted by molar-refractivity contribution is 14.1. The van der Waals surface area contributed by atoms with Crippen LogP contribution in [0, 0.1) is 3.83 Å². The zero-order chi connectivity index (χ0) is 10.8. The Kier molecular flexibility index (Phi) is 3.63. The van der Waals surface area contributed by atoms with Gasteiger partial charge >= 0.3 is 0 Å². The number of likely N-dealkylation sites (N-methyl/N-ethyl adjacent to an activating group) is 1. The first-order valence-electron chi connectivity index (χ1n) is 4.79. The summed E-state index contributed by atoms with van der Waals surface area (Å²) in [4.78, 5) is 13.0. The van der Waals surface area contributed by atoms with Crippen molar-refractivity contribution in [2.45, 2.75) is 0 Å². The molecular formula is C9H12ClIN4. The van der Waals surface area contributed by atoms with Crippen molar-refractivity contribution < 1.29 is 0 Å². The minimum Gasteiger partial charge on any atom is -0.354 e. The summed E-state index contributed by atoms with van der Waals surface area (Å²) in [7, 11) is 2.13. The molecule has 15 heavy (non-hydrogen) atoms. The summed E-state index contributed by atoms with van der Waals surface area (Å²) in [6.45, 7) is 4.14. The number of nitrogens with zero attached hydrogens (tertiary/aromatic N) is 4. The van der Waals surface area contributed by atoms with Gasteiger partial charge in [-0.1, -0.05) is 11.6 Å². The summed E-state index contributed by atoms with van der Waals surface area (Å²) in [5.74, 6) is 0.938. The second-order valence-corrected chi connectivity index (χ2v) is 4.96. The predicted octanol–water partition coefficient (Wildman–Crippen LogP) is 1.49. The third-order valence-corrected chi connectivity index (χ3v) is 3.16. The summed E-state index contributed by atoms with van der Waals surface area (Å²) in [5.41, 5.74) is 0. The first kappa shape index (κ1) is 11.3. The molecule has 0 radical (unpaired) electrons. The SMILES string of the molecule is CN1CCN(c2cc(Cl)nc(I)n2)CC1. The molecule has 1 aromatic rings. The molecule has 0 amide bonds. The van der Waals surface area contributed by atoms with Crippen LogP contribution in [-0.4, -0.2) is 48.1 Å². The van der Waals surface area contributed by atoms with E-state index in [2.05, 4.69) is 49.4 Å². The molecule has 0 atom stereocenters. The van der Waals surface area contributed by atoms with Crippen molar-refractivity contribution >= 4 is 40.0 Å². The Balaban J connectivity index is 2.15. The first-order valence-corrected chi connectivity index (χ1v) is 6.24. The largest absolute Gasteiger partial charge is 0.354 e. The molecule has 1 saturated heterocycles. The average molecular weight is 339 g/mol. The molecule has 0 spiro atoms. The summed E-state index contributed by atoms with van der Waals surface area (Å²) in [6, 6.07) is 1.83. The maximum Gasteiger partial charge on any atom is 0.194 e. The van der Waals surface area contributed by atoms with Crippen LogP contribution in [0.2, 0.25) is 5.15 Å². The Bertz CT molecular complexity index is 332. The zero-order valence-corrected chi connectivity index (χ0v) is 11.4. The lowest BCUT2D eigenvalue weighted by molar-refractivity contribution is 0.312. The van der Waals surface area contributed by atoms with Crippen LogP contribution < -0.4 is 4.90 Å². The van der Waals surface area contributed by atoms with Crippen molar-refractivity contribution in [1.29, 1.82) is 0 Å². The lowest BCUT2D eigenvalue weighted by Gasteiger charge is -2.33. The van der Waals surface area contributed by atoms with Gasteiger partial charge in [-0.05, 0) is 7.05 Å². The van der Waals surface area contributed by atoms with Gasteiger partial charge in [0.25, 0.3) is 0 Å². The maximum absolute atomic E-state index is 5.91. The molecular weight excluding hydrogens is 326 g/mol. The molecule has 0 aromatic carbocycles. The van der Waals surface area contributed by atoms with Gasteiger partial charge in [0.2, 0.25) is 0 Å². The van der Waals surface area contributed by atoms with Gasteiger partial charge in [-0.3, -0.25) is 0 Å². The average Bonchev–Trinajstić information content (AvgIpc) is 2.17. The third kappa shape index (κ3) is 2.92. The molecule has 1 aliphatic rings. The number of hydrogen-bond donors (Lipinski definition) is 0. The fourth-order valence-corrected chi connectivity index (χ4v) is 2.40. The lowest BCUT2D eigenvalue weighted by Crippen LogP contribution is -2.44. The van der Waals surface area contributed by atoms with Crippen molar-refractivity contribution in [1.82, 2.24) is 14.9 Å². The topological polar surface area (TPSA) is 32.3 Å². The van der Waals surface area contributed by atoms with E-state index >= 15 is 0 Å². The van der Waals surface area contributed by atoms with Crippen LogP contribution in [0.15, 0.2) is 6.07 Å². The van der Waals surface area contributed by atoms with E-state index < -0.39 is 0 Å². The van der Waals surface area contributed by atoms with Crippen molar-refractivity contribution in [3.05, 3.63) is 15.1 Å². The molecule has 4 nitrogen and oxygen atoms in total. The monoisotopic (exact) mass is 338 g/mol. The third-order valence-electron chi connectivity index (χ3n) is 2.48. The molecule has 0 bridgehead atoms. The summed E-state index contributed by atoms with van der Waals surface area (Å²) in [5, 5.41) is 0.517. The van der Waals surface area contributed by atoms with E-state index in [9.17, 15) is 0 Å². The van der Waals surface area contributed by atoms with Crippen molar-refractivity contribution in [2.24, 2.45) is 0 Å². The summed E-state index contributed by atoms with van der Waals surface area (Å²) >= 11 is 7.99. The van der Waals surface area contributed by atoms with E-state index in [-0.39, 0.29) is 0 Å². The fourth-order valence-electron chi connectivity index (χ4n) is 1.58. The lowest BCUT2D eigenvalue weighted by atomic mass is 10.3. The number of anilines is 1. The van der Waals surface area contributed by atoms with Crippen molar-refractivity contribution in [2.75, 3.05) is 38.1 Å². The quantitative estimate of drug-likeness (QED) is 0.441. The van der Waals surface area contributed by atoms with Crippen molar-refractivity contribution in [3.8, 4) is 0 Å². The number of halogens is 2. The van der Waals surface area contributed by atoms with E-state index in [1.54, 1.807) is 0 Å². The molecule has 82 valence electrons. The standard InChI is InChI=1S/C9H12ClIN4/c1-14-2-4-15(5-3-14)8-6-7(10)12-9(11)13-8/h6H,2-5H2,1H3. The molecule has 1 aromatic heterocycles.